The highest BCUT2D eigenvalue weighted by Crippen LogP contribution is 2.06. The fourth-order valence-electron chi connectivity index (χ4n) is 1.56. The van der Waals surface area contributed by atoms with Gasteiger partial charge in [-0.05, 0) is 20.8 Å². The van der Waals surface area contributed by atoms with Crippen LogP contribution in [-0.4, -0.2) is 0 Å². The monoisotopic (exact) mass is 222 g/mol. The minimum atomic E-state index is 1.34. The van der Waals surface area contributed by atoms with Crippen molar-refractivity contribution in [2.24, 2.45) is 0 Å². The van der Waals surface area contributed by atoms with E-state index in [1.54, 1.807) is 0 Å². The molecule has 0 spiro atoms. The van der Waals surface area contributed by atoms with E-state index in [2.05, 4.69) is 52.8 Å². The molecule has 0 N–H and O–H groups in total. The molecule has 0 atom stereocenters. The number of rotatable bonds is 2. The van der Waals surface area contributed by atoms with Crippen molar-refractivity contribution in [3.05, 3.63) is 34.9 Å². The number of hydrogen-bond acceptors (Lipinski definition) is 0. The summed E-state index contributed by atoms with van der Waals surface area (Å²) in [5.74, 6) is 0. The molecule has 0 saturated heterocycles. The topological polar surface area (TPSA) is 0 Å². The molecule has 1 aromatic rings. The molecule has 0 saturated carbocycles. The van der Waals surface area contributed by atoms with Crippen LogP contribution in [0.15, 0.2) is 18.2 Å². The third kappa shape index (κ3) is 11.3. The second kappa shape index (κ2) is 12.3. The highest BCUT2D eigenvalue weighted by Gasteiger charge is 1.87. The Morgan fingerprint density at radius 2 is 0.938 bits per heavy atom. The Kier molecular flexibility index (Phi) is 13.5. The summed E-state index contributed by atoms with van der Waals surface area (Å²) >= 11 is 0. The van der Waals surface area contributed by atoms with Gasteiger partial charge in [0.25, 0.3) is 0 Å². The Morgan fingerprint density at radius 1 is 0.688 bits per heavy atom. The molecule has 0 fully saturated rings. The number of hydrogen-bond donors (Lipinski definition) is 0. The van der Waals surface area contributed by atoms with E-state index in [1.165, 1.54) is 36.0 Å². The number of unbranched alkanes of at least 4 members (excludes halogenated alkanes) is 2. The van der Waals surface area contributed by atoms with Crippen LogP contribution in [-0.2, 0) is 0 Å². The molecule has 1 aromatic carbocycles. The molecule has 0 bridgehead atoms. The molecular weight excluding hydrogens is 192 g/mol. The molecule has 16 heavy (non-hydrogen) atoms. The summed E-state index contributed by atoms with van der Waals surface area (Å²) in [5, 5.41) is 0. The van der Waals surface area contributed by atoms with Crippen molar-refractivity contribution in [1.29, 1.82) is 0 Å². The molecule has 0 radical (unpaired) electrons. The Hall–Kier alpha value is -0.780. The first kappa shape index (κ1) is 17.6. The van der Waals surface area contributed by atoms with Crippen LogP contribution < -0.4 is 0 Å². The van der Waals surface area contributed by atoms with Crippen molar-refractivity contribution in [3.63, 3.8) is 0 Å². The Labute approximate surface area is 103 Å². The van der Waals surface area contributed by atoms with E-state index in [-0.39, 0.29) is 0 Å². The molecular formula is C16H30. The molecule has 0 unspecified atom stereocenters. The van der Waals surface area contributed by atoms with E-state index in [1.807, 2.05) is 13.8 Å². The van der Waals surface area contributed by atoms with Gasteiger partial charge in [0, 0.05) is 0 Å². The van der Waals surface area contributed by atoms with Crippen LogP contribution in [0, 0.1) is 20.8 Å². The Bertz CT molecular complexity index is 196. The van der Waals surface area contributed by atoms with Crippen molar-refractivity contribution < 1.29 is 0 Å². The lowest BCUT2D eigenvalue weighted by atomic mass is 10.1. The van der Waals surface area contributed by atoms with E-state index in [4.69, 9.17) is 0 Å². The summed E-state index contributed by atoms with van der Waals surface area (Å²) in [7, 11) is 0. The second-order valence-electron chi connectivity index (χ2n) is 4.02. The number of benzene rings is 1. The zero-order valence-corrected chi connectivity index (χ0v) is 12.4. The van der Waals surface area contributed by atoms with E-state index >= 15 is 0 Å². The largest absolute Gasteiger partial charge is 0.0683 e. The zero-order chi connectivity index (χ0) is 13.0. The summed E-state index contributed by atoms with van der Waals surface area (Å²) in [4.78, 5) is 0. The minimum Gasteiger partial charge on any atom is -0.0683 e. The van der Waals surface area contributed by atoms with Gasteiger partial charge < -0.3 is 0 Å². The van der Waals surface area contributed by atoms with Gasteiger partial charge in [0.05, 0.1) is 0 Å². The maximum Gasteiger partial charge on any atom is -0.0398 e. The van der Waals surface area contributed by atoms with Crippen molar-refractivity contribution in [3.8, 4) is 0 Å². The Balaban J connectivity index is 0. The van der Waals surface area contributed by atoms with E-state index in [0.717, 1.165) is 0 Å². The van der Waals surface area contributed by atoms with Crippen molar-refractivity contribution in [2.45, 2.75) is 67.7 Å². The van der Waals surface area contributed by atoms with E-state index in [9.17, 15) is 0 Å². The average Bonchev–Trinajstić information content (AvgIpc) is 2.20. The predicted molar refractivity (Wildman–Crippen MR) is 77.2 cm³/mol. The number of aryl methyl sites for hydroxylation is 3. The third-order valence-corrected chi connectivity index (χ3v) is 2.07. The molecule has 0 heteroatoms. The minimum absolute atomic E-state index is 1.34. The molecule has 0 amide bonds. The van der Waals surface area contributed by atoms with Gasteiger partial charge >= 0.3 is 0 Å². The fraction of sp³-hybridized carbons (Fsp3) is 0.625. The van der Waals surface area contributed by atoms with Gasteiger partial charge in [0.2, 0.25) is 0 Å². The van der Waals surface area contributed by atoms with Crippen LogP contribution in [0.4, 0.5) is 0 Å². The van der Waals surface area contributed by atoms with Crippen LogP contribution in [0.5, 0.6) is 0 Å². The van der Waals surface area contributed by atoms with Crippen molar-refractivity contribution >= 4 is 0 Å². The summed E-state index contributed by atoms with van der Waals surface area (Å²) in [6.07, 6.45) is 4.08. The molecule has 0 aromatic heterocycles. The first-order valence-electron chi connectivity index (χ1n) is 6.65. The average molecular weight is 222 g/mol. The van der Waals surface area contributed by atoms with E-state index < -0.39 is 0 Å². The maximum absolute atomic E-state index is 2.21. The molecule has 1 rings (SSSR count). The van der Waals surface area contributed by atoms with Crippen LogP contribution in [0.1, 0.15) is 63.6 Å². The van der Waals surface area contributed by atoms with Crippen LogP contribution in [0.2, 0.25) is 0 Å². The van der Waals surface area contributed by atoms with Gasteiger partial charge in [-0.3, -0.25) is 0 Å². The predicted octanol–water partition coefficient (Wildman–Crippen LogP) is 5.83. The van der Waals surface area contributed by atoms with Crippen LogP contribution in [0.25, 0.3) is 0 Å². The summed E-state index contributed by atoms with van der Waals surface area (Å²) in [5.41, 5.74) is 4.06. The molecule has 94 valence electrons. The molecule has 0 aliphatic rings. The smallest absolute Gasteiger partial charge is 0.0398 e. The standard InChI is InChI=1S/C9H12.C5H12.C2H6/c1-7-4-8(2)6-9(3)5-7;1-3-5-4-2;1-2/h4-6H,1-3H3;3-5H2,1-2H3;1-2H3. The van der Waals surface area contributed by atoms with Crippen LogP contribution >= 0.6 is 0 Å². The maximum atomic E-state index is 2.21. The lowest BCUT2D eigenvalue weighted by molar-refractivity contribution is 0.772. The molecule has 0 aliphatic heterocycles. The normalized spacial score (nSPS) is 8.44. The first-order chi connectivity index (χ1) is 7.60. The van der Waals surface area contributed by atoms with Gasteiger partial charge in [0.15, 0.2) is 0 Å². The third-order valence-electron chi connectivity index (χ3n) is 2.07. The summed E-state index contributed by atoms with van der Waals surface area (Å²) in [6.45, 7) is 14.8. The molecule has 0 aliphatic carbocycles. The van der Waals surface area contributed by atoms with Gasteiger partial charge in [-0.15, -0.1) is 0 Å². The summed E-state index contributed by atoms with van der Waals surface area (Å²) < 4.78 is 0. The van der Waals surface area contributed by atoms with Gasteiger partial charge in [-0.1, -0.05) is 81.8 Å². The summed E-state index contributed by atoms with van der Waals surface area (Å²) in [6, 6.07) is 6.56. The Morgan fingerprint density at radius 3 is 1.06 bits per heavy atom. The highest BCUT2D eigenvalue weighted by molar-refractivity contribution is 5.27. The SMILES string of the molecule is CC.CCCCC.Cc1cc(C)cc(C)c1. The van der Waals surface area contributed by atoms with Crippen molar-refractivity contribution in [2.75, 3.05) is 0 Å². The van der Waals surface area contributed by atoms with E-state index in [0.29, 0.717) is 0 Å². The second-order valence-corrected chi connectivity index (χ2v) is 4.02. The first-order valence-corrected chi connectivity index (χ1v) is 6.65. The van der Waals surface area contributed by atoms with Crippen molar-refractivity contribution in [1.82, 2.24) is 0 Å². The quantitative estimate of drug-likeness (QED) is 0.590. The van der Waals surface area contributed by atoms with Gasteiger partial charge in [-0.25, -0.2) is 0 Å². The fourth-order valence-corrected chi connectivity index (χ4v) is 1.56. The zero-order valence-electron chi connectivity index (χ0n) is 12.4. The van der Waals surface area contributed by atoms with Crippen LogP contribution in [0.3, 0.4) is 0 Å². The van der Waals surface area contributed by atoms with Gasteiger partial charge in [0.1, 0.15) is 0 Å². The lowest BCUT2D eigenvalue weighted by Gasteiger charge is -1.96. The van der Waals surface area contributed by atoms with Gasteiger partial charge in [-0.2, -0.15) is 0 Å². The lowest BCUT2D eigenvalue weighted by Crippen LogP contribution is -1.78. The molecule has 0 heterocycles. The molecule has 0 nitrogen and oxygen atoms in total. The highest BCUT2D eigenvalue weighted by atomic mass is 13.9.